The average Bonchev–Trinajstić information content (AvgIpc) is 3.36. The highest BCUT2D eigenvalue weighted by Crippen LogP contribution is 2.45. The molecule has 4 rings (SSSR count). The number of carbonyl (C=O) groups excluding carboxylic acids is 1. The van der Waals surface area contributed by atoms with E-state index < -0.39 is 11.2 Å². The number of nitrogens with zero attached hydrogens (tertiary/aromatic N) is 1. The summed E-state index contributed by atoms with van der Waals surface area (Å²) in [6.07, 6.45) is 3.47. The van der Waals surface area contributed by atoms with Crippen LogP contribution in [0, 0.1) is 0 Å². The van der Waals surface area contributed by atoms with Crippen molar-refractivity contribution in [2.24, 2.45) is 0 Å². The zero-order chi connectivity index (χ0) is 16.7. The predicted octanol–water partition coefficient (Wildman–Crippen LogP) is 3.97. The Hall–Kier alpha value is -2.20. The summed E-state index contributed by atoms with van der Waals surface area (Å²) in [7, 11) is 0. The number of pyridine rings is 1. The van der Waals surface area contributed by atoms with Gasteiger partial charge in [-0.15, -0.1) is 11.6 Å². The standard InChI is InChI=1S/C19H16ClFN2O/c20-15-9-12-8-14(11-16(15)21)22-17(10-12)18(24)23-19(6-7-19)13-4-2-1-3-5-13/h1-5,8,10-11,15H,6-7,9H2,(H,23,24). The van der Waals surface area contributed by atoms with Crippen LogP contribution in [0.1, 0.15) is 40.2 Å². The van der Waals surface area contributed by atoms with Crippen molar-refractivity contribution >= 4 is 23.6 Å². The van der Waals surface area contributed by atoms with E-state index in [0.29, 0.717) is 17.8 Å². The molecule has 24 heavy (non-hydrogen) atoms. The SMILES string of the molecule is O=C(NC1(c2ccccc2)CC1)c1cc2cc(n1)C=C(F)C(Cl)C2. The summed E-state index contributed by atoms with van der Waals surface area (Å²) in [5, 5.41) is 2.39. The monoisotopic (exact) mass is 342 g/mol. The van der Waals surface area contributed by atoms with Crippen molar-refractivity contribution in [1.29, 1.82) is 0 Å². The number of alkyl halides is 1. The number of rotatable bonds is 3. The number of allylic oxidation sites excluding steroid dienone is 1. The van der Waals surface area contributed by atoms with E-state index in [1.165, 1.54) is 6.08 Å². The molecule has 2 aliphatic carbocycles. The first-order valence-electron chi connectivity index (χ1n) is 7.96. The molecule has 0 aliphatic heterocycles. The highest BCUT2D eigenvalue weighted by molar-refractivity contribution is 6.22. The minimum absolute atomic E-state index is 0.235. The molecule has 1 unspecified atom stereocenters. The molecule has 0 spiro atoms. The second-order valence-corrected chi connectivity index (χ2v) is 6.92. The van der Waals surface area contributed by atoms with Crippen LogP contribution in [0.4, 0.5) is 4.39 Å². The van der Waals surface area contributed by atoms with E-state index in [1.54, 1.807) is 12.1 Å². The molecule has 1 aromatic carbocycles. The molecule has 2 bridgehead atoms. The summed E-state index contributed by atoms with van der Waals surface area (Å²) >= 11 is 5.99. The number of nitrogens with one attached hydrogen (secondary N) is 1. The summed E-state index contributed by atoms with van der Waals surface area (Å²) in [4.78, 5) is 16.9. The van der Waals surface area contributed by atoms with Gasteiger partial charge in [0.15, 0.2) is 0 Å². The normalized spacial score (nSPS) is 20.8. The second kappa shape index (κ2) is 5.71. The van der Waals surface area contributed by atoms with Crippen LogP contribution in [0.2, 0.25) is 0 Å². The Labute approximate surface area is 144 Å². The van der Waals surface area contributed by atoms with Crippen LogP contribution in [-0.4, -0.2) is 16.3 Å². The fourth-order valence-corrected chi connectivity index (χ4v) is 3.35. The van der Waals surface area contributed by atoms with Crippen LogP contribution in [0.3, 0.4) is 0 Å². The number of hydrogen-bond donors (Lipinski definition) is 1. The number of benzene rings is 1. The highest BCUT2D eigenvalue weighted by Gasteiger charge is 2.45. The first kappa shape index (κ1) is 15.3. The minimum Gasteiger partial charge on any atom is -0.341 e. The smallest absolute Gasteiger partial charge is 0.270 e. The predicted molar refractivity (Wildman–Crippen MR) is 91.5 cm³/mol. The number of carbonyl (C=O) groups is 1. The molecule has 3 nitrogen and oxygen atoms in total. The number of halogens is 2. The van der Waals surface area contributed by atoms with Crippen LogP contribution in [0.5, 0.6) is 0 Å². The van der Waals surface area contributed by atoms with Crippen molar-refractivity contribution in [3.8, 4) is 0 Å². The van der Waals surface area contributed by atoms with Crippen LogP contribution < -0.4 is 5.32 Å². The molecule has 1 N–H and O–H groups in total. The van der Waals surface area contributed by atoms with E-state index in [-0.39, 0.29) is 11.4 Å². The second-order valence-electron chi connectivity index (χ2n) is 6.39. The Morgan fingerprint density at radius 3 is 2.71 bits per heavy atom. The van der Waals surface area contributed by atoms with Gasteiger partial charge in [0.1, 0.15) is 11.5 Å². The third-order valence-electron chi connectivity index (χ3n) is 4.57. The molecule has 2 aromatic rings. The van der Waals surface area contributed by atoms with Crippen molar-refractivity contribution in [2.45, 2.75) is 30.2 Å². The molecular weight excluding hydrogens is 327 g/mol. The number of hydrogen-bond acceptors (Lipinski definition) is 2. The van der Waals surface area contributed by atoms with Gasteiger partial charge in [-0.05, 0) is 48.6 Å². The van der Waals surface area contributed by atoms with Gasteiger partial charge in [0, 0.05) is 0 Å². The topological polar surface area (TPSA) is 42.0 Å². The van der Waals surface area contributed by atoms with Gasteiger partial charge in [-0.2, -0.15) is 0 Å². The summed E-state index contributed by atoms with van der Waals surface area (Å²) < 4.78 is 13.8. The lowest BCUT2D eigenvalue weighted by Gasteiger charge is -2.18. The number of aromatic nitrogens is 1. The van der Waals surface area contributed by atoms with Crippen LogP contribution in [0.15, 0.2) is 48.3 Å². The summed E-state index contributed by atoms with van der Waals surface area (Å²) in [5.41, 5.74) is 2.36. The minimum atomic E-state index is -0.707. The Kier molecular flexibility index (Phi) is 3.65. The Morgan fingerprint density at radius 1 is 1.25 bits per heavy atom. The van der Waals surface area contributed by atoms with Crippen molar-refractivity contribution in [3.63, 3.8) is 0 Å². The molecule has 122 valence electrons. The van der Waals surface area contributed by atoms with Gasteiger partial charge in [0.25, 0.3) is 5.91 Å². The van der Waals surface area contributed by atoms with Gasteiger partial charge in [-0.3, -0.25) is 4.79 Å². The number of amides is 1. The molecule has 5 heteroatoms. The van der Waals surface area contributed by atoms with E-state index in [9.17, 15) is 9.18 Å². The first-order valence-corrected chi connectivity index (χ1v) is 8.40. The third-order valence-corrected chi connectivity index (χ3v) is 4.93. The Balaban J connectivity index is 1.61. The summed E-state index contributed by atoms with van der Waals surface area (Å²) in [6, 6.07) is 13.4. The van der Waals surface area contributed by atoms with Gasteiger partial charge in [0.2, 0.25) is 0 Å². The maximum atomic E-state index is 13.8. The van der Waals surface area contributed by atoms with E-state index in [2.05, 4.69) is 10.3 Å². The lowest BCUT2D eigenvalue weighted by atomic mass is 10.0. The lowest BCUT2D eigenvalue weighted by molar-refractivity contribution is 0.0925. The molecule has 1 heterocycles. The molecule has 1 saturated carbocycles. The van der Waals surface area contributed by atoms with Crippen molar-refractivity contribution in [3.05, 3.63) is 70.8 Å². The Morgan fingerprint density at radius 2 is 2.00 bits per heavy atom. The maximum absolute atomic E-state index is 13.8. The molecule has 0 radical (unpaired) electrons. The fourth-order valence-electron chi connectivity index (χ4n) is 3.10. The van der Waals surface area contributed by atoms with Gasteiger partial charge in [-0.1, -0.05) is 30.3 Å². The van der Waals surface area contributed by atoms with Crippen molar-refractivity contribution in [2.75, 3.05) is 0 Å². The summed E-state index contributed by atoms with van der Waals surface area (Å²) in [5.74, 6) is -0.652. The molecule has 0 saturated heterocycles. The molecule has 1 aromatic heterocycles. The van der Waals surface area contributed by atoms with E-state index >= 15 is 0 Å². The van der Waals surface area contributed by atoms with Crippen LogP contribution in [0.25, 0.3) is 6.08 Å². The van der Waals surface area contributed by atoms with E-state index in [4.69, 9.17) is 11.6 Å². The molecule has 2 aliphatic rings. The van der Waals surface area contributed by atoms with Crippen LogP contribution in [-0.2, 0) is 12.0 Å². The van der Waals surface area contributed by atoms with Gasteiger partial charge < -0.3 is 5.32 Å². The van der Waals surface area contributed by atoms with Gasteiger partial charge in [-0.25, -0.2) is 9.37 Å². The zero-order valence-corrected chi connectivity index (χ0v) is 13.7. The first-order chi connectivity index (χ1) is 11.6. The Bertz CT molecular complexity index is 831. The number of fused-ring (bicyclic) bond motifs is 2. The van der Waals surface area contributed by atoms with E-state index in [1.807, 2.05) is 30.3 Å². The van der Waals surface area contributed by atoms with Crippen LogP contribution >= 0.6 is 11.6 Å². The fraction of sp³-hybridized carbons (Fsp3) is 0.263. The quantitative estimate of drug-likeness (QED) is 0.857. The van der Waals surface area contributed by atoms with Crippen molar-refractivity contribution < 1.29 is 9.18 Å². The van der Waals surface area contributed by atoms with Crippen molar-refractivity contribution in [1.82, 2.24) is 10.3 Å². The average molecular weight is 343 g/mol. The maximum Gasteiger partial charge on any atom is 0.270 e. The molecule has 1 amide bonds. The largest absolute Gasteiger partial charge is 0.341 e. The molecule has 1 fully saturated rings. The lowest BCUT2D eigenvalue weighted by Crippen LogP contribution is -2.35. The molecular formula is C19H16ClFN2O. The third kappa shape index (κ3) is 2.82. The summed E-state index contributed by atoms with van der Waals surface area (Å²) in [6.45, 7) is 0. The highest BCUT2D eigenvalue weighted by atomic mass is 35.5. The van der Waals surface area contributed by atoms with E-state index in [0.717, 1.165) is 24.0 Å². The zero-order valence-electron chi connectivity index (χ0n) is 12.9. The molecule has 1 atom stereocenters. The van der Waals surface area contributed by atoms with Gasteiger partial charge in [0.05, 0.1) is 16.6 Å². The van der Waals surface area contributed by atoms with Gasteiger partial charge >= 0.3 is 0 Å².